The van der Waals surface area contributed by atoms with E-state index in [1.165, 1.54) is 6.07 Å². The van der Waals surface area contributed by atoms with Gasteiger partial charge in [0.05, 0.1) is 6.04 Å². The normalized spacial score (nSPS) is 12.0. The summed E-state index contributed by atoms with van der Waals surface area (Å²) in [5.74, 6) is 0.405. The van der Waals surface area contributed by atoms with Gasteiger partial charge in [-0.25, -0.2) is 4.79 Å². The second-order valence-electron chi connectivity index (χ2n) is 6.69. The van der Waals surface area contributed by atoms with Gasteiger partial charge in [-0.1, -0.05) is 30.3 Å². The molecule has 0 aliphatic heterocycles. The molecule has 0 fully saturated rings. The largest absolute Gasteiger partial charge is 0.483 e. The van der Waals surface area contributed by atoms with Crippen LogP contribution in [0.3, 0.4) is 0 Å². The molecule has 0 aliphatic rings. The molecule has 3 aromatic rings. The number of aryl methyl sites for hydroxylation is 2. The molecule has 0 unspecified atom stereocenters. The molecule has 0 aliphatic carbocycles. The van der Waals surface area contributed by atoms with Crippen LogP contribution in [0.1, 0.15) is 29.7 Å². The fraction of sp³-hybridized carbons (Fsp3) is 0.273. The third-order valence-corrected chi connectivity index (χ3v) is 4.93. The number of rotatable bonds is 5. The van der Waals surface area contributed by atoms with E-state index < -0.39 is 5.63 Å². The second-order valence-corrected chi connectivity index (χ2v) is 6.69. The van der Waals surface area contributed by atoms with Crippen molar-refractivity contribution in [1.82, 2.24) is 4.90 Å². The van der Waals surface area contributed by atoms with Crippen LogP contribution in [-0.2, 0) is 4.79 Å². The zero-order chi connectivity index (χ0) is 19.6. The monoisotopic (exact) mass is 365 g/mol. The van der Waals surface area contributed by atoms with Crippen molar-refractivity contribution in [2.45, 2.75) is 26.8 Å². The average Bonchev–Trinajstić information content (AvgIpc) is 2.67. The molecule has 1 heterocycles. The summed E-state index contributed by atoms with van der Waals surface area (Å²) in [6.45, 7) is 5.57. The molecule has 1 amide bonds. The van der Waals surface area contributed by atoms with Crippen molar-refractivity contribution in [2.75, 3.05) is 13.7 Å². The van der Waals surface area contributed by atoms with E-state index in [9.17, 15) is 9.59 Å². The van der Waals surface area contributed by atoms with Crippen LogP contribution in [0.4, 0.5) is 0 Å². The second kappa shape index (κ2) is 7.66. The summed E-state index contributed by atoms with van der Waals surface area (Å²) in [6, 6.07) is 14.9. The van der Waals surface area contributed by atoms with E-state index >= 15 is 0 Å². The number of likely N-dealkylation sites (N-methyl/N-ethyl adjacent to an activating group) is 1. The van der Waals surface area contributed by atoms with Crippen molar-refractivity contribution in [2.24, 2.45) is 0 Å². The topological polar surface area (TPSA) is 59.8 Å². The van der Waals surface area contributed by atoms with E-state index in [-0.39, 0.29) is 18.6 Å². The first-order chi connectivity index (χ1) is 12.9. The molecule has 1 atom stereocenters. The van der Waals surface area contributed by atoms with Gasteiger partial charge >= 0.3 is 5.63 Å². The van der Waals surface area contributed by atoms with Crippen LogP contribution in [0.15, 0.2) is 57.7 Å². The fourth-order valence-electron chi connectivity index (χ4n) is 3.07. The Morgan fingerprint density at radius 2 is 1.85 bits per heavy atom. The van der Waals surface area contributed by atoms with Gasteiger partial charge < -0.3 is 14.1 Å². The smallest absolute Gasteiger partial charge is 0.336 e. The fourth-order valence-corrected chi connectivity index (χ4v) is 3.07. The molecule has 140 valence electrons. The predicted molar refractivity (Wildman–Crippen MR) is 105 cm³/mol. The number of ether oxygens (including phenoxy) is 1. The molecule has 5 nitrogen and oxygen atoms in total. The molecule has 0 radical (unpaired) electrons. The standard InChI is InChI=1S/C22H23NO4/c1-14-12-21(25)27-22-15(2)19(11-10-18(14)22)26-13-20(24)23(4)16(3)17-8-6-5-7-9-17/h5-12,16H,13H2,1-4H3/t16-/m1/s1. The zero-order valence-electron chi connectivity index (χ0n) is 16.0. The number of carbonyl (C=O) groups is 1. The SMILES string of the molecule is Cc1cc(=O)oc2c(C)c(OCC(=O)N(C)[C@H](C)c3ccccc3)ccc12. The number of amides is 1. The van der Waals surface area contributed by atoms with Crippen molar-refractivity contribution >= 4 is 16.9 Å². The van der Waals surface area contributed by atoms with Crippen LogP contribution in [0.2, 0.25) is 0 Å². The highest BCUT2D eigenvalue weighted by Crippen LogP contribution is 2.28. The Labute approximate surface area is 158 Å². The van der Waals surface area contributed by atoms with Crippen LogP contribution >= 0.6 is 0 Å². The number of benzene rings is 2. The molecule has 0 bridgehead atoms. The minimum atomic E-state index is -0.396. The lowest BCUT2D eigenvalue weighted by atomic mass is 10.1. The van der Waals surface area contributed by atoms with Gasteiger partial charge in [-0.2, -0.15) is 0 Å². The molecule has 0 N–H and O–H groups in total. The Morgan fingerprint density at radius 3 is 2.56 bits per heavy atom. The first-order valence-electron chi connectivity index (χ1n) is 8.86. The van der Waals surface area contributed by atoms with Crippen molar-refractivity contribution in [3.8, 4) is 5.75 Å². The van der Waals surface area contributed by atoms with Gasteiger partial charge in [-0.3, -0.25) is 4.79 Å². The van der Waals surface area contributed by atoms with Gasteiger partial charge in [-0.05, 0) is 44.0 Å². The summed E-state index contributed by atoms with van der Waals surface area (Å²) in [4.78, 5) is 25.9. The lowest BCUT2D eigenvalue weighted by Crippen LogP contribution is -2.33. The third kappa shape index (κ3) is 3.87. The minimum Gasteiger partial charge on any atom is -0.483 e. The molecule has 27 heavy (non-hydrogen) atoms. The summed E-state index contributed by atoms with van der Waals surface area (Å²) in [6.07, 6.45) is 0. The molecule has 2 aromatic carbocycles. The first kappa shape index (κ1) is 18.7. The quantitative estimate of drug-likeness (QED) is 0.641. The highest BCUT2D eigenvalue weighted by molar-refractivity contribution is 5.85. The van der Waals surface area contributed by atoms with Gasteiger partial charge in [0, 0.05) is 24.1 Å². The number of hydrogen-bond donors (Lipinski definition) is 0. The van der Waals surface area contributed by atoms with Crippen molar-refractivity contribution in [3.63, 3.8) is 0 Å². The van der Waals surface area contributed by atoms with Crippen LogP contribution in [0.25, 0.3) is 11.0 Å². The zero-order valence-corrected chi connectivity index (χ0v) is 16.0. The lowest BCUT2D eigenvalue weighted by Gasteiger charge is -2.25. The Morgan fingerprint density at radius 1 is 1.15 bits per heavy atom. The summed E-state index contributed by atoms with van der Waals surface area (Å²) < 4.78 is 11.1. The molecule has 0 saturated heterocycles. The Balaban J connectivity index is 1.75. The summed E-state index contributed by atoms with van der Waals surface area (Å²) >= 11 is 0. The Hall–Kier alpha value is -3.08. The van der Waals surface area contributed by atoms with E-state index in [0.29, 0.717) is 16.9 Å². The van der Waals surface area contributed by atoms with Crippen LogP contribution < -0.4 is 10.4 Å². The molecule has 0 spiro atoms. The third-order valence-electron chi connectivity index (χ3n) is 4.93. The number of nitrogens with zero attached hydrogens (tertiary/aromatic N) is 1. The maximum atomic E-state index is 12.5. The summed E-state index contributed by atoms with van der Waals surface area (Å²) in [5.41, 5.74) is 2.72. The molecule has 1 aromatic heterocycles. The predicted octanol–water partition coefficient (Wildman–Crippen LogP) is 4.01. The van der Waals surface area contributed by atoms with Gasteiger partial charge in [0.25, 0.3) is 5.91 Å². The summed E-state index contributed by atoms with van der Waals surface area (Å²) in [5, 5.41) is 0.862. The van der Waals surface area contributed by atoms with E-state index in [2.05, 4.69) is 0 Å². The van der Waals surface area contributed by atoms with E-state index in [4.69, 9.17) is 9.15 Å². The van der Waals surface area contributed by atoms with Crippen molar-refractivity contribution in [1.29, 1.82) is 0 Å². The Kier molecular flexibility index (Phi) is 5.31. The van der Waals surface area contributed by atoms with Crippen molar-refractivity contribution < 1.29 is 13.9 Å². The Bertz CT molecular complexity index is 1020. The molecule has 3 rings (SSSR count). The summed E-state index contributed by atoms with van der Waals surface area (Å²) in [7, 11) is 1.76. The van der Waals surface area contributed by atoms with E-state index in [1.54, 1.807) is 18.0 Å². The number of carbonyl (C=O) groups excluding carboxylic acids is 1. The molecular weight excluding hydrogens is 342 g/mol. The first-order valence-corrected chi connectivity index (χ1v) is 8.86. The van der Waals surface area contributed by atoms with E-state index in [0.717, 1.165) is 16.5 Å². The number of fused-ring (bicyclic) bond motifs is 1. The van der Waals surface area contributed by atoms with E-state index in [1.807, 2.05) is 57.2 Å². The maximum absolute atomic E-state index is 12.5. The lowest BCUT2D eigenvalue weighted by molar-refractivity contribution is -0.134. The van der Waals surface area contributed by atoms with Gasteiger partial charge in [-0.15, -0.1) is 0 Å². The van der Waals surface area contributed by atoms with Crippen LogP contribution in [0, 0.1) is 13.8 Å². The minimum absolute atomic E-state index is 0.0549. The highest BCUT2D eigenvalue weighted by atomic mass is 16.5. The van der Waals surface area contributed by atoms with Crippen LogP contribution in [0.5, 0.6) is 5.75 Å². The van der Waals surface area contributed by atoms with Crippen molar-refractivity contribution in [3.05, 3.63) is 75.6 Å². The molecule has 0 saturated carbocycles. The van der Waals surface area contributed by atoms with Gasteiger partial charge in [0.1, 0.15) is 11.3 Å². The maximum Gasteiger partial charge on any atom is 0.336 e. The molecular formula is C22H23NO4. The van der Waals surface area contributed by atoms with Gasteiger partial charge in [0.2, 0.25) is 0 Å². The number of hydrogen-bond acceptors (Lipinski definition) is 4. The van der Waals surface area contributed by atoms with Crippen LogP contribution in [-0.4, -0.2) is 24.5 Å². The van der Waals surface area contributed by atoms with Gasteiger partial charge in [0.15, 0.2) is 6.61 Å². The molecule has 5 heteroatoms. The average molecular weight is 365 g/mol. The highest BCUT2D eigenvalue weighted by Gasteiger charge is 2.18.